The average molecular weight is 260 g/mol. The zero-order chi connectivity index (χ0) is 13.7. The van der Waals surface area contributed by atoms with Crippen molar-refractivity contribution in [2.75, 3.05) is 25.0 Å². The summed E-state index contributed by atoms with van der Waals surface area (Å²) in [5, 5.41) is 2.89. The van der Waals surface area contributed by atoms with Crippen LogP contribution < -0.4 is 10.1 Å². The number of nitrogens with one attached hydrogen (secondary N) is 1. The summed E-state index contributed by atoms with van der Waals surface area (Å²) < 4.78 is 5.55. The quantitative estimate of drug-likeness (QED) is 0.826. The minimum Gasteiger partial charge on any atom is -0.491 e. The van der Waals surface area contributed by atoms with Crippen molar-refractivity contribution in [1.29, 1.82) is 0 Å². The fourth-order valence-corrected chi connectivity index (χ4v) is 1.94. The normalized spacial score (nSPS) is 14.9. The monoisotopic (exact) mass is 260 g/mol. The molecule has 0 saturated heterocycles. The van der Waals surface area contributed by atoms with E-state index in [-0.39, 0.29) is 12.0 Å². The van der Waals surface area contributed by atoms with E-state index in [1.165, 1.54) is 0 Å². The van der Waals surface area contributed by atoms with Crippen LogP contribution in [0.2, 0.25) is 0 Å². The maximum Gasteiger partial charge on any atom is 0.238 e. The van der Waals surface area contributed by atoms with E-state index in [2.05, 4.69) is 22.4 Å². The van der Waals surface area contributed by atoms with Crippen LogP contribution in [-0.2, 0) is 4.79 Å². The predicted molar refractivity (Wildman–Crippen MR) is 76.4 cm³/mol. The van der Waals surface area contributed by atoms with Crippen molar-refractivity contribution < 1.29 is 9.53 Å². The van der Waals surface area contributed by atoms with Crippen LogP contribution in [0.3, 0.4) is 0 Å². The Hall–Kier alpha value is -1.81. The van der Waals surface area contributed by atoms with Gasteiger partial charge in [0.25, 0.3) is 0 Å². The number of hydrogen-bond acceptors (Lipinski definition) is 3. The van der Waals surface area contributed by atoms with Gasteiger partial charge in [0.05, 0.1) is 12.6 Å². The first-order valence-corrected chi connectivity index (χ1v) is 6.57. The van der Waals surface area contributed by atoms with Crippen LogP contribution in [0.15, 0.2) is 36.4 Å². The number of carbonyl (C=O) groups is 1. The molecule has 0 unspecified atom stereocenters. The number of amides is 1. The smallest absolute Gasteiger partial charge is 0.238 e. The summed E-state index contributed by atoms with van der Waals surface area (Å²) in [6, 6.07) is 7.45. The molecule has 4 heteroatoms. The van der Waals surface area contributed by atoms with E-state index in [4.69, 9.17) is 4.74 Å². The molecule has 1 aromatic carbocycles. The average Bonchev–Trinajstić information content (AvgIpc) is 2.83. The van der Waals surface area contributed by atoms with Gasteiger partial charge in [-0.15, -0.1) is 0 Å². The predicted octanol–water partition coefficient (Wildman–Crippen LogP) is 2.28. The summed E-state index contributed by atoms with van der Waals surface area (Å²) in [6.45, 7) is 6.11. The van der Waals surface area contributed by atoms with Crippen LogP contribution in [0.1, 0.15) is 13.8 Å². The first-order chi connectivity index (χ1) is 9.13. The maximum absolute atomic E-state index is 11.8. The Kier molecular flexibility index (Phi) is 4.58. The minimum atomic E-state index is 0.0150. The molecule has 4 nitrogen and oxygen atoms in total. The number of ether oxygens (including phenoxy) is 1. The molecule has 1 N–H and O–H groups in total. The van der Waals surface area contributed by atoms with E-state index >= 15 is 0 Å². The zero-order valence-electron chi connectivity index (χ0n) is 11.4. The SMILES string of the molecule is CC(C)Oc1ccc(NC(=O)CN2CC=CC2)cc1. The van der Waals surface area contributed by atoms with Crippen molar-refractivity contribution >= 4 is 11.6 Å². The van der Waals surface area contributed by atoms with Gasteiger partial charge in [-0.25, -0.2) is 0 Å². The Bertz CT molecular complexity index is 444. The van der Waals surface area contributed by atoms with E-state index in [0.29, 0.717) is 6.54 Å². The van der Waals surface area contributed by atoms with Crippen molar-refractivity contribution in [2.45, 2.75) is 20.0 Å². The molecule has 1 amide bonds. The molecule has 2 rings (SSSR count). The van der Waals surface area contributed by atoms with Gasteiger partial charge in [-0.2, -0.15) is 0 Å². The Labute approximate surface area is 114 Å². The second-order valence-corrected chi connectivity index (χ2v) is 4.90. The Morgan fingerprint density at radius 3 is 2.47 bits per heavy atom. The van der Waals surface area contributed by atoms with E-state index in [0.717, 1.165) is 24.5 Å². The Morgan fingerprint density at radius 2 is 1.89 bits per heavy atom. The Balaban J connectivity index is 1.83. The summed E-state index contributed by atoms with van der Waals surface area (Å²) >= 11 is 0. The van der Waals surface area contributed by atoms with Crippen molar-refractivity contribution in [3.05, 3.63) is 36.4 Å². The topological polar surface area (TPSA) is 41.6 Å². The highest BCUT2D eigenvalue weighted by Crippen LogP contribution is 2.16. The number of hydrogen-bond donors (Lipinski definition) is 1. The van der Waals surface area contributed by atoms with Gasteiger partial charge < -0.3 is 10.1 Å². The molecule has 0 spiro atoms. The maximum atomic E-state index is 11.8. The van der Waals surface area contributed by atoms with E-state index in [1.54, 1.807) is 0 Å². The summed E-state index contributed by atoms with van der Waals surface area (Å²) in [6.07, 6.45) is 4.31. The highest BCUT2D eigenvalue weighted by atomic mass is 16.5. The summed E-state index contributed by atoms with van der Waals surface area (Å²) in [4.78, 5) is 13.9. The lowest BCUT2D eigenvalue weighted by Gasteiger charge is -2.14. The molecular weight excluding hydrogens is 240 g/mol. The van der Waals surface area contributed by atoms with Crippen molar-refractivity contribution in [2.24, 2.45) is 0 Å². The van der Waals surface area contributed by atoms with Crippen LogP contribution in [-0.4, -0.2) is 36.5 Å². The molecule has 1 aliphatic heterocycles. The van der Waals surface area contributed by atoms with Crippen LogP contribution >= 0.6 is 0 Å². The van der Waals surface area contributed by atoms with E-state index in [9.17, 15) is 4.79 Å². The summed E-state index contributed by atoms with van der Waals surface area (Å²) in [7, 11) is 0. The highest BCUT2D eigenvalue weighted by molar-refractivity contribution is 5.92. The molecule has 0 atom stereocenters. The molecule has 1 heterocycles. The first kappa shape index (κ1) is 13.6. The van der Waals surface area contributed by atoms with Gasteiger partial charge >= 0.3 is 0 Å². The third-order valence-electron chi connectivity index (χ3n) is 2.77. The van der Waals surface area contributed by atoms with Crippen molar-refractivity contribution in [1.82, 2.24) is 4.90 Å². The molecule has 0 radical (unpaired) electrons. The summed E-state index contributed by atoms with van der Waals surface area (Å²) in [5.41, 5.74) is 0.799. The van der Waals surface area contributed by atoms with E-state index < -0.39 is 0 Å². The van der Waals surface area contributed by atoms with Crippen molar-refractivity contribution in [3.63, 3.8) is 0 Å². The fourth-order valence-electron chi connectivity index (χ4n) is 1.94. The molecule has 0 saturated carbocycles. The number of rotatable bonds is 5. The lowest BCUT2D eigenvalue weighted by atomic mass is 10.3. The fraction of sp³-hybridized carbons (Fsp3) is 0.400. The van der Waals surface area contributed by atoms with Crippen LogP contribution in [0, 0.1) is 0 Å². The van der Waals surface area contributed by atoms with Gasteiger partial charge in [0.1, 0.15) is 5.75 Å². The number of nitrogens with zero attached hydrogens (tertiary/aromatic N) is 1. The third kappa shape index (κ3) is 4.41. The summed E-state index contributed by atoms with van der Waals surface area (Å²) in [5.74, 6) is 0.831. The highest BCUT2D eigenvalue weighted by Gasteiger charge is 2.11. The molecule has 0 fully saturated rings. The van der Waals surface area contributed by atoms with Gasteiger partial charge in [0.2, 0.25) is 5.91 Å². The molecule has 102 valence electrons. The van der Waals surface area contributed by atoms with Gasteiger partial charge in [0, 0.05) is 18.8 Å². The largest absolute Gasteiger partial charge is 0.491 e. The minimum absolute atomic E-state index is 0.0150. The zero-order valence-corrected chi connectivity index (χ0v) is 11.4. The molecule has 1 aromatic rings. The van der Waals surface area contributed by atoms with Crippen LogP contribution in [0.25, 0.3) is 0 Å². The number of benzene rings is 1. The number of carbonyl (C=O) groups excluding carboxylic acids is 1. The second kappa shape index (κ2) is 6.38. The van der Waals surface area contributed by atoms with Gasteiger partial charge in [0.15, 0.2) is 0 Å². The lowest BCUT2D eigenvalue weighted by Crippen LogP contribution is -2.31. The molecule has 0 aliphatic carbocycles. The second-order valence-electron chi connectivity index (χ2n) is 4.90. The van der Waals surface area contributed by atoms with Gasteiger partial charge in [-0.05, 0) is 38.1 Å². The standard InChI is InChI=1S/C15H20N2O2/c1-12(2)19-14-7-5-13(6-8-14)16-15(18)11-17-9-3-4-10-17/h3-8,12H,9-11H2,1-2H3,(H,16,18). The number of anilines is 1. The first-order valence-electron chi connectivity index (χ1n) is 6.57. The third-order valence-corrected chi connectivity index (χ3v) is 2.77. The van der Waals surface area contributed by atoms with Crippen LogP contribution in [0.5, 0.6) is 5.75 Å². The van der Waals surface area contributed by atoms with E-state index in [1.807, 2.05) is 38.1 Å². The molecule has 0 aromatic heterocycles. The molecule has 0 bridgehead atoms. The van der Waals surface area contributed by atoms with Crippen LogP contribution in [0.4, 0.5) is 5.69 Å². The molecular formula is C15H20N2O2. The Morgan fingerprint density at radius 1 is 1.26 bits per heavy atom. The van der Waals surface area contributed by atoms with Gasteiger partial charge in [-0.3, -0.25) is 9.69 Å². The molecule has 19 heavy (non-hydrogen) atoms. The lowest BCUT2D eigenvalue weighted by molar-refractivity contribution is -0.117. The molecule has 1 aliphatic rings. The van der Waals surface area contributed by atoms with Gasteiger partial charge in [-0.1, -0.05) is 12.2 Å². The van der Waals surface area contributed by atoms with Crippen molar-refractivity contribution in [3.8, 4) is 5.75 Å².